The second-order valence-corrected chi connectivity index (χ2v) is 3.90. The quantitative estimate of drug-likeness (QED) is 0.873. The van der Waals surface area contributed by atoms with Crippen molar-refractivity contribution in [3.8, 4) is 0 Å². The number of hydrogen-bond acceptors (Lipinski definition) is 4. The number of hydrogen-bond donors (Lipinski definition) is 2. The van der Waals surface area contributed by atoms with Gasteiger partial charge >= 0.3 is 0 Å². The van der Waals surface area contributed by atoms with Gasteiger partial charge in [0.2, 0.25) is 5.95 Å². The molecule has 1 aromatic heterocycles. The number of halogens is 1. The third-order valence-corrected chi connectivity index (χ3v) is 2.63. The molecule has 0 amide bonds. The van der Waals surface area contributed by atoms with Gasteiger partial charge in [0.05, 0.1) is 6.10 Å². The molecule has 0 radical (unpaired) electrons. The van der Waals surface area contributed by atoms with Crippen LogP contribution in [-0.4, -0.2) is 21.6 Å². The summed E-state index contributed by atoms with van der Waals surface area (Å²) < 4.78 is 0. The van der Waals surface area contributed by atoms with Crippen LogP contribution in [0, 0.1) is 0 Å². The van der Waals surface area contributed by atoms with Crippen LogP contribution in [0.15, 0.2) is 42.7 Å². The molecular weight excluding hydrogens is 238 g/mol. The highest BCUT2D eigenvalue weighted by molar-refractivity contribution is 6.31. The molecule has 1 aromatic carbocycles. The van der Waals surface area contributed by atoms with Crippen LogP contribution >= 0.6 is 11.6 Å². The van der Waals surface area contributed by atoms with Crippen molar-refractivity contribution in [2.45, 2.75) is 6.10 Å². The number of benzene rings is 1. The van der Waals surface area contributed by atoms with Crippen LogP contribution in [0.25, 0.3) is 0 Å². The van der Waals surface area contributed by atoms with Crippen molar-refractivity contribution in [3.05, 3.63) is 53.3 Å². The van der Waals surface area contributed by atoms with Gasteiger partial charge in [0.25, 0.3) is 0 Å². The molecule has 2 rings (SSSR count). The Morgan fingerprint density at radius 3 is 2.59 bits per heavy atom. The molecule has 0 aliphatic carbocycles. The maximum Gasteiger partial charge on any atom is 0.222 e. The van der Waals surface area contributed by atoms with E-state index in [1.807, 2.05) is 12.1 Å². The minimum atomic E-state index is -0.687. The van der Waals surface area contributed by atoms with Gasteiger partial charge in [0.1, 0.15) is 0 Å². The Kier molecular flexibility index (Phi) is 3.90. The first kappa shape index (κ1) is 11.8. The van der Waals surface area contributed by atoms with E-state index in [1.165, 1.54) is 0 Å². The highest BCUT2D eigenvalue weighted by atomic mass is 35.5. The molecule has 5 heteroatoms. The van der Waals surface area contributed by atoms with Gasteiger partial charge in [-0.25, -0.2) is 9.97 Å². The lowest BCUT2D eigenvalue weighted by molar-refractivity contribution is 0.191. The third kappa shape index (κ3) is 3.15. The first-order chi connectivity index (χ1) is 8.27. The molecule has 0 spiro atoms. The van der Waals surface area contributed by atoms with Crippen LogP contribution in [0.1, 0.15) is 11.7 Å². The number of anilines is 1. The van der Waals surface area contributed by atoms with Crippen molar-refractivity contribution in [2.75, 3.05) is 11.9 Å². The molecule has 1 atom stereocenters. The van der Waals surface area contributed by atoms with Crippen LogP contribution in [0.5, 0.6) is 0 Å². The predicted molar refractivity (Wildman–Crippen MR) is 66.9 cm³/mol. The number of nitrogens with one attached hydrogen (secondary N) is 1. The fourth-order valence-corrected chi connectivity index (χ4v) is 1.70. The first-order valence-electron chi connectivity index (χ1n) is 5.21. The van der Waals surface area contributed by atoms with Crippen LogP contribution < -0.4 is 5.32 Å². The lowest BCUT2D eigenvalue weighted by Crippen LogP contribution is -2.14. The van der Waals surface area contributed by atoms with Crippen molar-refractivity contribution in [2.24, 2.45) is 0 Å². The van der Waals surface area contributed by atoms with Gasteiger partial charge in [-0.05, 0) is 12.1 Å². The standard InChI is InChI=1S/C12H12ClN3O/c13-10-5-2-1-4-9(10)11(17)8-16-12-14-6-3-7-15-12/h1-7,11,17H,8H2,(H,14,15,16). The minimum absolute atomic E-state index is 0.313. The van der Waals surface area contributed by atoms with Gasteiger partial charge in [-0.15, -0.1) is 0 Å². The lowest BCUT2D eigenvalue weighted by atomic mass is 10.1. The summed E-state index contributed by atoms with van der Waals surface area (Å²) in [5.41, 5.74) is 0.692. The number of nitrogens with zero attached hydrogens (tertiary/aromatic N) is 2. The fourth-order valence-electron chi connectivity index (χ4n) is 1.43. The highest BCUT2D eigenvalue weighted by Gasteiger charge is 2.10. The maximum atomic E-state index is 9.96. The van der Waals surface area contributed by atoms with Gasteiger partial charge in [-0.2, -0.15) is 0 Å². The van der Waals surface area contributed by atoms with Gasteiger partial charge in [-0.1, -0.05) is 29.8 Å². The maximum absolute atomic E-state index is 9.96. The summed E-state index contributed by atoms with van der Waals surface area (Å²) in [6, 6.07) is 8.94. The summed E-state index contributed by atoms with van der Waals surface area (Å²) in [4.78, 5) is 8.00. The molecule has 0 aliphatic heterocycles. The molecule has 88 valence electrons. The van der Waals surface area contributed by atoms with E-state index in [-0.39, 0.29) is 0 Å². The van der Waals surface area contributed by atoms with E-state index in [0.717, 1.165) is 0 Å². The number of aromatic nitrogens is 2. The molecule has 0 aliphatic rings. The predicted octanol–water partition coefficient (Wildman–Crippen LogP) is 2.28. The molecule has 0 saturated heterocycles. The molecule has 1 heterocycles. The smallest absolute Gasteiger partial charge is 0.222 e. The number of aliphatic hydroxyl groups is 1. The second-order valence-electron chi connectivity index (χ2n) is 3.49. The summed E-state index contributed by atoms with van der Waals surface area (Å²) in [6.45, 7) is 0.313. The van der Waals surface area contributed by atoms with Crippen molar-refractivity contribution in [1.82, 2.24) is 9.97 Å². The zero-order valence-electron chi connectivity index (χ0n) is 9.05. The normalized spacial score (nSPS) is 12.1. The third-order valence-electron chi connectivity index (χ3n) is 2.28. The summed E-state index contributed by atoms with van der Waals surface area (Å²) in [5.74, 6) is 0.485. The Morgan fingerprint density at radius 2 is 1.88 bits per heavy atom. The number of aliphatic hydroxyl groups excluding tert-OH is 1. The Balaban J connectivity index is 1.99. The topological polar surface area (TPSA) is 58.0 Å². The molecule has 4 nitrogen and oxygen atoms in total. The van der Waals surface area contributed by atoms with E-state index in [0.29, 0.717) is 23.1 Å². The van der Waals surface area contributed by atoms with Crippen molar-refractivity contribution < 1.29 is 5.11 Å². The molecule has 2 N–H and O–H groups in total. The zero-order valence-corrected chi connectivity index (χ0v) is 9.80. The van der Waals surface area contributed by atoms with Crippen LogP contribution in [0.3, 0.4) is 0 Å². The van der Waals surface area contributed by atoms with Gasteiger partial charge < -0.3 is 10.4 Å². The van der Waals surface area contributed by atoms with E-state index in [2.05, 4.69) is 15.3 Å². The SMILES string of the molecule is OC(CNc1ncccn1)c1ccccc1Cl. The monoisotopic (exact) mass is 249 g/mol. The summed E-state index contributed by atoms with van der Waals surface area (Å²) in [7, 11) is 0. The summed E-state index contributed by atoms with van der Waals surface area (Å²) in [6.07, 6.45) is 2.58. The minimum Gasteiger partial charge on any atom is -0.387 e. The van der Waals surface area contributed by atoms with E-state index >= 15 is 0 Å². The second kappa shape index (κ2) is 5.61. The molecule has 0 bridgehead atoms. The Morgan fingerprint density at radius 1 is 1.18 bits per heavy atom. The summed E-state index contributed by atoms with van der Waals surface area (Å²) >= 11 is 5.98. The van der Waals surface area contributed by atoms with Crippen LogP contribution in [0.4, 0.5) is 5.95 Å². The zero-order chi connectivity index (χ0) is 12.1. The molecule has 1 unspecified atom stereocenters. The average molecular weight is 250 g/mol. The first-order valence-corrected chi connectivity index (χ1v) is 5.58. The van der Waals surface area contributed by atoms with E-state index < -0.39 is 6.10 Å². The van der Waals surface area contributed by atoms with Crippen molar-refractivity contribution >= 4 is 17.5 Å². The van der Waals surface area contributed by atoms with Gasteiger partial charge in [0, 0.05) is 29.5 Å². The van der Waals surface area contributed by atoms with Crippen LogP contribution in [0.2, 0.25) is 5.02 Å². The molecule has 2 aromatic rings. The van der Waals surface area contributed by atoms with Gasteiger partial charge in [0.15, 0.2) is 0 Å². The van der Waals surface area contributed by atoms with Crippen molar-refractivity contribution in [3.63, 3.8) is 0 Å². The molecule has 0 fully saturated rings. The summed E-state index contributed by atoms with van der Waals surface area (Å²) in [5, 5.41) is 13.5. The average Bonchev–Trinajstić information content (AvgIpc) is 2.38. The fraction of sp³-hybridized carbons (Fsp3) is 0.167. The highest BCUT2D eigenvalue weighted by Crippen LogP contribution is 2.22. The lowest BCUT2D eigenvalue weighted by Gasteiger charge is -2.13. The van der Waals surface area contributed by atoms with Gasteiger partial charge in [-0.3, -0.25) is 0 Å². The number of rotatable bonds is 4. The molecular formula is C12H12ClN3O. The van der Waals surface area contributed by atoms with Crippen molar-refractivity contribution in [1.29, 1.82) is 0 Å². The molecule has 17 heavy (non-hydrogen) atoms. The van der Waals surface area contributed by atoms with Crippen LogP contribution in [-0.2, 0) is 0 Å². The van der Waals surface area contributed by atoms with E-state index in [9.17, 15) is 5.11 Å². The Hall–Kier alpha value is -1.65. The molecule has 0 saturated carbocycles. The van der Waals surface area contributed by atoms with E-state index in [4.69, 9.17) is 11.6 Å². The Labute approximate surface area is 104 Å². The largest absolute Gasteiger partial charge is 0.387 e. The Bertz CT molecular complexity index is 478. The van der Waals surface area contributed by atoms with E-state index in [1.54, 1.807) is 30.6 Å².